The van der Waals surface area contributed by atoms with Crippen molar-refractivity contribution in [3.63, 3.8) is 0 Å². The number of amides is 1. The zero-order valence-corrected chi connectivity index (χ0v) is 12.5. The van der Waals surface area contributed by atoms with Gasteiger partial charge in [-0.15, -0.1) is 11.3 Å². The topological polar surface area (TPSA) is 66.8 Å². The first-order valence-corrected chi connectivity index (χ1v) is 6.89. The number of ether oxygens (including phenoxy) is 1. The van der Waals surface area contributed by atoms with Crippen LogP contribution in [0.2, 0.25) is 0 Å². The second-order valence-corrected chi connectivity index (χ2v) is 5.18. The number of hydrogen-bond acceptors (Lipinski definition) is 5. The van der Waals surface area contributed by atoms with E-state index in [1.54, 1.807) is 25.4 Å². The normalized spacial score (nSPS) is 11.2. The highest BCUT2D eigenvalue weighted by Gasteiger charge is 2.20. The van der Waals surface area contributed by atoms with Gasteiger partial charge in [0.1, 0.15) is 6.61 Å². The van der Waals surface area contributed by atoms with Gasteiger partial charge in [0.25, 0.3) is 5.91 Å². The first-order valence-electron chi connectivity index (χ1n) is 6.01. The van der Waals surface area contributed by atoms with Crippen molar-refractivity contribution in [1.29, 1.82) is 0 Å². The Hall–Kier alpha value is -1.84. The van der Waals surface area contributed by atoms with Gasteiger partial charge in [-0.05, 0) is 6.07 Å². The monoisotopic (exact) mass is 295 g/mol. The standard InChI is InChI=1S/C14H17NO4S/c1-10(14(18)19-3)8-15(2)13(17)11-7-12(20-9-11)5-4-6-16/h7,9-10,16H,6,8H2,1-3H3. The number of esters is 1. The van der Waals surface area contributed by atoms with E-state index in [-0.39, 0.29) is 24.4 Å². The van der Waals surface area contributed by atoms with Gasteiger partial charge in [0.15, 0.2) is 0 Å². The number of aliphatic hydroxyl groups excluding tert-OH is 1. The van der Waals surface area contributed by atoms with Crippen LogP contribution in [0.3, 0.4) is 0 Å². The van der Waals surface area contributed by atoms with Gasteiger partial charge in [-0.1, -0.05) is 18.8 Å². The minimum absolute atomic E-state index is 0.172. The number of methoxy groups -OCH3 is 1. The highest BCUT2D eigenvalue weighted by molar-refractivity contribution is 7.10. The van der Waals surface area contributed by atoms with Gasteiger partial charge in [0, 0.05) is 19.0 Å². The smallest absolute Gasteiger partial charge is 0.310 e. The zero-order valence-electron chi connectivity index (χ0n) is 11.7. The van der Waals surface area contributed by atoms with Crippen LogP contribution in [0, 0.1) is 17.8 Å². The Morgan fingerprint density at radius 1 is 1.55 bits per heavy atom. The van der Waals surface area contributed by atoms with Crippen molar-refractivity contribution < 1.29 is 19.4 Å². The summed E-state index contributed by atoms with van der Waals surface area (Å²) in [6, 6.07) is 1.68. The fourth-order valence-electron chi connectivity index (χ4n) is 1.63. The first kappa shape index (κ1) is 16.2. The molecule has 1 heterocycles. The molecule has 5 nitrogen and oxygen atoms in total. The van der Waals surface area contributed by atoms with Crippen LogP contribution in [0.15, 0.2) is 11.4 Å². The van der Waals surface area contributed by atoms with Gasteiger partial charge < -0.3 is 14.7 Å². The maximum Gasteiger partial charge on any atom is 0.310 e. The predicted octanol–water partition coefficient (Wildman–Crippen LogP) is 0.973. The summed E-state index contributed by atoms with van der Waals surface area (Å²) in [5.41, 5.74) is 0.525. The van der Waals surface area contributed by atoms with Crippen molar-refractivity contribution in [2.45, 2.75) is 6.92 Å². The molecule has 1 rings (SSSR count). The van der Waals surface area contributed by atoms with E-state index in [4.69, 9.17) is 5.11 Å². The molecule has 1 amide bonds. The second-order valence-electron chi connectivity index (χ2n) is 4.27. The Morgan fingerprint density at radius 3 is 2.85 bits per heavy atom. The average Bonchev–Trinajstić information content (AvgIpc) is 2.91. The molecule has 1 aromatic rings. The van der Waals surface area contributed by atoms with E-state index in [0.717, 1.165) is 4.88 Å². The van der Waals surface area contributed by atoms with E-state index in [0.29, 0.717) is 12.1 Å². The largest absolute Gasteiger partial charge is 0.469 e. The molecule has 0 saturated heterocycles. The third-order valence-corrected chi connectivity index (χ3v) is 3.48. The van der Waals surface area contributed by atoms with Gasteiger partial charge in [-0.25, -0.2) is 0 Å². The lowest BCUT2D eigenvalue weighted by atomic mass is 10.1. The molecule has 0 bridgehead atoms. The van der Waals surface area contributed by atoms with Crippen molar-refractivity contribution in [2.75, 3.05) is 27.3 Å². The molecule has 1 unspecified atom stereocenters. The summed E-state index contributed by atoms with van der Waals surface area (Å²) < 4.78 is 4.63. The van der Waals surface area contributed by atoms with E-state index in [2.05, 4.69) is 16.6 Å². The average molecular weight is 295 g/mol. The number of nitrogens with zero attached hydrogens (tertiary/aromatic N) is 1. The van der Waals surface area contributed by atoms with E-state index in [1.807, 2.05) is 0 Å². The van der Waals surface area contributed by atoms with Crippen LogP contribution in [-0.4, -0.2) is 49.2 Å². The molecular formula is C14H17NO4S. The van der Waals surface area contributed by atoms with Crippen molar-refractivity contribution >= 4 is 23.2 Å². The van der Waals surface area contributed by atoms with Gasteiger partial charge >= 0.3 is 5.97 Å². The van der Waals surface area contributed by atoms with Crippen molar-refractivity contribution in [1.82, 2.24) is 4.90 Å². The number of carbonyl (C=O) groups is 2. The minimum Gasteiger partial charge on any atom is -0.469 e. The van der Waals surface area contributed by atoms with Gasteiger partial charge in [-0.3, -0.25) is 9.59 Å². The summed E-state index contributed by atoms with van der Waals surface area (Å²) in [6.45, 7) is 1.79. The third-order valence-electron chi connectivity index (χ3n) is 2.64. The molecule has 0 aliphatic rings. The zero-order chi connectivity index (χ0) is 15.1. The maximum absolute atomic E-state index is 12.2. The molecule has 1 aromatic heterocycles. The molecule has 0 fully saturated rings. The van der Waals surface area contributed by atoms with Crippen LogP contribution >= 0.6 is 11.3 Å². The highest BCUT2D eigenvalue weighted by Crippen LogP contribution is 2.15. The van der Waals surface area contributed by atoms with Crippen molar-refractivity contribution in [3.8, 4) is 11.8 Å². The molecule has 0 aromatic carbocycles. The van der Waals surface area contributed by atoms with Gasteiger partial charge in [0.2, 0.25) is 0 Å². The first-order chi connectivity index (χ1) is 9.49. The number of rotatable bonds is 4. The van der Waals surface area contributed by atoms with Crippen LogP contribution in [0.1, 0.15) is 22.2 Å². The van der Waals surface area contributed by atoms with Crippen molar-refractivity contribution in [3.05, 3.63) is 21.9 Å². The molecule has 0 spiro atoms. The van der Waals surface area contributed by atoms with Crippen molar-refractivity contribution in [2.24, 2.45) is 5.92 Å². The second kappa shape index (κ2) is 7.68. The third kappa shape index (κ3) is 4.37. The lowest BCUT2D eigenvalue weighted by molar-refractivity contribution is -0.145. The lowest BCUT2D eigenvalue weighted by Gasteiger charge is -2.19. The van der Waals surface area contributed by atoms with E-state index in [1.165, 1.54) is 23.3 Å². The summed E-state index contributed by atoms with van der Waals surface area (Å²) >= 11 is 1.34. The Bertz CT molecular complexity index is 541. The molecule has 0 aliphatic carbocycles. The van der Waals surface area contributed by atoms with Gasteiger partial charge in [0.05, 0.1) is 23.5 Å². The molecule has 1 N–H and O–H groups in total. The fraction of sp³-hybridized carbons (Fsp3) is 0.429. The molecule has 108 valence electrons. The summed E-state index contributed by atoms with van der Waals surface area (Å²) in [5.74, 6) is 4.39. The number of carbonyl (C=O) groups excluding carboxylic acids is 2. The predicted molar refractivity (Wildman–Crippen MR) is 76.4 cm³/mol. The molecular weight excluding hydrogens is 278 g/mol. The SMILES string of the molecule is COC(=O)C(C)CN(C)C(=O)c1csc(C#CCO)c1. The summed E-state index contributed by atoms with van der Waals surface area (Å²) in [7, 11) is 2.96. The fourth-order valence-corrected chi connectivity index (χ4v) is 2.38. The quantitative estimate of drug-likeness (QED) is 0.664. The van der Waals surface area contributed by atoms with Crippen LogP contribution in [-0.2, 0) is 9.53 Å². The molecule has 6 heteroatoms. The van der Waals surface area contributed by atoms with E-state index < -0.39 is 0 Å². The Labute approximate surface area is 122 Å². The minimum atomic E-state index is -0.374. The van der Waals surface area contributed by atoms with Crippen LogP contribution < -0.4 is 0 Å². The molecule has 0 saturated carbocycles. The van der Waals surface area contributed by atoms with Crippen LogP contribution in [0.4, 0.5) is 0 Å². The number of hydrogen-bond donors (Lipinski definition) is 1. The van der Waals surface area contributed by atoms with Gasteiger partial charge in [-0.2, -0.15) is 0 Å². The molecule has 0 aliphatic heterocycles. The lowest BCUT2D eigenvalue weighted by Crippen LogP contribution is -2.33. The Balaban J connectivity index is 2.69. The Morgan fingerprint density at radius 2 is 2.25 bits per heavy atom. The summed E-state index contributed by atoms with van der Waals surface area (Å²) in [4.78, 5) is 25.7. The maximum atomic E-state index is 12.2. The molecule has 0 radical (unpaired) electrons. The molecule has 20 heavy (non-hydrogen) atoms. The number of aliphatic hydroxyl groups is 1. The van der Waals surface area contributed by atoms with Crippen LogP contribution in [0.25, 0.3) is 0 Å². The summed E-state index contributed by atoms with van der Waals surface area (Å²) in [6.07, 6.45) is 0. The summed E-state index contributed by atoms with van der Waals surface area (Å²) in [5, 5.41) is 10.3. The Kier molecular flexibility index (Phi) is 6.22. The molecule has 1 atom stereocenters. The number of thiophene rings is 1. The highest BCUT2D eigenvalue weighted by atomic mass is 32.1. The van der Waals surface area contributed by atoms with E-state index >= 15 is 0 Å². The van der Waals surface area contributed by atoms with E-state index in [9.17, 15) is 9.59 Å². The van der Waals surface area contributed by atoms with Crippen LogP contribution in [0.5, 0.6) is 0 Å².